The summed E-state index contributed by atoms with van der Waals surface area (Å²) >= 11 is 0. The fraction of sp³-hybridized carbons (Fsp3) is 0.297. The van der Waals surface area contributed by atoms with Gasteiger partial charge in [-0.05, 0) is 67.9 Å². The lowest BCUT2D eigenvalue weighted by atomic mass is 9.98. The molecule has 0 saturated carbocycles. The molecule has 0 bridgehead atoms. The maximum absolute atomic E-state index is 14.3. The number of likely N-dealkylation sites (tertiary alicyclic amines) is 1. The molecule has 4 aromatic rings. The average Bonchev–Trinajstić information content (AvgIpc) is 3.09. The van der Waals surface area contributed by atoms with Crippen LogP contribution in [0.25, 0.3) is 17.3 Å². The number of carbonyl (C=O) groups is 2. The Morgan fingerprint density at radius 2 is 1.60 bits per heavy atom. The van der Waals surface area contributed by atoms with Crippen molar-refractivity contribution in [3.05, 3.63) is 126 Å². The van der Waals surface area contributed by atoms with Crippen molar-refractivity contribution in [3.8, 4) is 11.3 Å². The van der Waals surface area contributed by atoms with E-state index < -0.39 is 23.8 Å². The zero-order chi connectivity index (χ0) is 33.4. The van der Waals surface area contributed by atoms with Crippen LogP contribution in [0.3, 0.4) is 0 Å². The van der Waals surface area contributed by atoms with Gasteiger partial charge in [-0.25, -0.2) is 0 Å². The van der Waals surface area contributed by atoms with Gasteiger partial charge in [0.2, 0.25) is 11.8 Å². The number of pyridine rings is 2. The summed E-state index contributed by atoms with van der Waals surface area (Å²) in [7, 11) is 4.08. The van der Waals surface area contributed by atoms with Gasteiger partial charge in [-0.2, -0.15) is 13.2 Å². The van der Waals surface area contributed by atoms with Crippen LogP contribution in [0.15, 0.2) is 103 Å². The lowest BCUT2D eigenvalue weighted by Gasteiger charge is -2.39. The van der Waals surface area contributed by atoms with Gasteiger partial charge in [-0.3, -0.25) is 19.6 Å². The van der Waals surface area contributed by atoms with Gasteiger partial charge in [0.05, 0.1) is 5.69 Å². The van der Waals surface area contributed by atoms with E-state index in [0.717, 1.165) is 47.5 Å². The molecule has 0 radical (unpaired) electrons. The predicted octanol–water partition coefficient (Wildman–Crippen LogP) is 6.37. The van der Waals surface area contributed by atoms with Gasteiger partial charge in [0.1, 0.15) is 11.7 Å². The minimum atomic E-state index is -4.56. The highest BCUT2D eigenvalue weighted by Crippen LogP contribution is 2.27. The van der Waals surface area contributed by atoms with Crippen molar-refractivity contribution in [2.24, 2.45) is 0 Å². The second-order valence-corrected chi connectivity index (χ2v) is 11.9. The second kappa shape index (κ2) is 15.2. The molecular weight excluding hydrogens is 603 g/mol. The molecule has 0 unspecified atom stereocenters. The van der Waals surface area contributed by atoms with Crippen molar-refractivity contribution in [3.63, 3.8) is 0 Å². The average molecular weight is 642 g/mol. The number of alkyl halides is 3. The molecular formula is C37H38F3N5O2. The van der Waals surface area contributed by atoms with E-state index >= 15 is 0 Å². The molecule has 2 aromatic carbocycles. The van der Waals surface area contributed by atoms with Gasteiger partial charge < -0.3 is 14.7 Å². The van der Waals surface area contributed by atoms with Crippen LogP contribution in [-0.4, -0.2) is 75.8 Å². The Balaban J connectivity index is 1.46. The summed E-state index contributed by atoms with van der Waals surface area (Å²) < 4.78 is 39.1. The van der Waals surface area contributed by atoms with E-state index in [1.807, 2.05) is 91.8 Å². The maximum atomic E-state index is 14.3. The van der Waals surface area contributed by atoms with E-state index in [2.05, 4.69) is 14.9 Å². The third-order valence-corrected chi connectivity index (χ3v) is 8.49. The summed E-state index contributed by atoms with van der Waals surface area (Å²) in [4.78, 5) is 41.9. The summed E-state index contributed by atoms with van der Waals surface area (Å²) in [6, 6.07) is 24.7. The number of amides is 2. The fourth-order valence-electron chi connectivity index (χ4n) is 5.77. The van der Waals surface area contributed by atoms with Crippen LogP contribution in [-0.2, 0) is 28.7 Å². The van der Waals surface area contributed by atoms with Gasteiger partial charge in [0.15, 0.2) is 0 Å². The summed E-state index contributed by atoms with van der Waals surface area (Å²) in [5.74, 6) is -0.565. The monoisotopic (exact) mass is 641 g/mol. The maximum Gasteiger partial charge on any atom is 0.433 e. The lowest BCUT2D eigenvalue weighted by Crippen LogP contribution is -2.54. The number of piperidine rings is 1. The van der Waals surface area contributed by atoms with Crippen LogP contribution in [0.4, 0.5) is 13.2 Å². The molecule has 2 aromatic heterocycles. The van der Waals surface area contributed by atoms with E-state index in [1.54, 1.807) is 11.1 Å². The zero-order valence-corrected chi connectivity index (χ0v) is 26.5. The molecule has 0 spiro atoms. The van der Waals surface area contributed by atoms with E-state index in [4.69, 9.17) is 0 Å². The van der Waals surface area contributed by atoms with Gasteiger partial charge in [-0.1, -0.05) is 66.7 Å². The topological polar surface area (TPSA) is 69.6 Å². The SMILES string of the molecule is CN(C)C1CCN(C(=O)[C@H](Cc2ccccc2)N(Cc2ccc(-c3ccccn3)cc2)C(=O)C=Cc2ccc(C(F)(F)F)nc2)CC1. The molecule has 1 fully saturated rings. The first-order chi connectivity index (χ1) is 22.6. The smallest absolute Gasteiger partial charge is 0.341 e. The number of rotatable bonds is 10. The summed E-state index contributed by atoms with van der Waals surface area (Å²) in [5, 5.41) is 0. The quantitative estimate of drug-likeness (QED) is 0.188. The Bertz CT molecular complexity index is 1640. The molecule has 2 amide bonds. The first kappa shape index (κ1) is 33.5. The molecule has 1 aliphatic heterocycles. The normalized spacial score (nSPS) is 14.8. The van der Waals surface area contributed by atoms with Crippen LogP contribution in [0.1, 0.15) is 35.2 Å². The van der Waals surface area contributed by atoms with Crippen LogP contribution in [0.5, 0.6) is 0 Å². The van der Waals surface area contributed by atoms with Gasteiger partial charge in [0.25, 0.3) is 0 Å². The summed E-state index contributed by atoms with van der Waals surface area (Å²) in [5.41, 5.74) is 2.79. The Labute approximate surface area is 273 Å². The lowest BCUT2D eigenvalue weighted by molar-refractivity contribution is -0.145. The number of carbonyl (C=O) groups excluding carboxylic acids is 2. The molecule has 5 rings (SSSR count). The predicted molar refractivity (Wildman–Crippen MR) is 176 cm³/mol. The van der Waals surface area contributed by atoms with Crippen molar-refractivity contribution >= 4 is 17.9 Å². The Morgan fingerprint density at radius 3 is 2.19 bits per heavy atom. The third kappa shape index (κ3) is 8.92. The third-order valence-electron chi connectivity index (χ3n) is 8.49. The van der Waals surface area contributed by atoms with Crippen molar-refractivity contribution in [1.82, 2.24) is 24.7 Å². The summed E-state index contributed by atoms with van der Waals surface area (Å²) in [6.07, 6.45) is 2.95. The minimum absolute atomic E-state index is 0.130. The second-order valence-electron chi connectivity index (χ2n) is 11.9. The highest BCUT2D eigenvalue weighted by atomic mass is 19.4. The molecule has 0 N–H and O–H groups in total. The van der Waals surface area contributed by atoms with Crippen molar-refractivity contribution in [2.75, 3.05) is 27.2 Å². The van der Waals surface area contributed by atoms with Gasteiger partial charge in [-0.15, -0.1) is 0 Å². The van der Waals surface area contributed by atoms with E-state index in [0.29, 0.717) is 31.1 Å². The highest BCUT2D eigenvalue weighted by molar-refractivity contribution is 5.95. The Kier molecular flexibility index (Phi) is 10.8. The first-order valence-corrected chi connectivity index (χ1v) is 15.6. The molecule has 1 aliphatic rings. The highest BCUT2D eigenvalue weighted by Gasteiger charge is 2.35. The van der Waals surface area contributed by atoms with Gasteiger partial charge in [0, 0.05) is 56.1 Å². The number of aromatic nitrogens is 2. The largest absolute Gasteiger partial charge is 0.433 e. The van der Waals surface area contributed by atoms with Crippen LogP contribution < -0.4 is 0 Å². The molecule has 244 valence electrons. The van der Waals surface area contributed by atoms with Crippen molar-refractivity contribution in [1.29, 1.82) is 0 Å². The number of hydrogen-bond acceptors (Lipinski definition) is 5. The van der Waals surface area contributed by atoms with Crippen LogP contribution in [0.2, 0.25) is 0 Å². The van der Waals surface area contributed by atoms with E-state index in [-0.39, 0.29) is 12.5 Å². The molecule has 3 heterocycles. The molecule has 47 heavy (non-hydrogen) atoms. The van der Waals surface area contributed by atoms with Crippen LogP contribution in [0, 0.1) is 0 Å². The molecule has 0 aliphatic carbocycles. The molecule has 10 heteroatoms. The standard InChI is InChI=1S/C37H38F3N5O2/c1-43(2)31-19-22-44(23-20-31)36(47)33(24-27-8-4-3-5-9-27)45(26-29-11-15-30(16-12-29)32-10-6-7-21-41-32)35(46)18-14-28-13-17-34(42-25-28)37(38,39)40/h3-18,21,25,31,33H,19-20,22-24,26H2,1-2H3/t33-/m0/s1. The molecule has 7 nitrogen and oxygen atoms in total. The summed E-state index contributed by atoms with van der Waals surface area (Å²) in [6.45, 7) is 1.32. The minimum Gasteiger partial charge on any atom is -0.341 e. The molecule has 1 saturated heterocycles. The number of benzene rings is 2. The van der Waals surface area contributed by atoms with Crippen LogP contribution >= 0.6 is 0 Å². The first-order valence-electron chi connectivity index (χ1n) is 15.6. The van der Waals surface area contributed by atoms with E-state index in [1.165, 1.54) is 18.2 Å². The Morgan fingerprint density at radius 1 is 0.894 bits per heavy atom. The van der Waals surface area contributed by atoms with Crippen molar-refractivity contribution < 1.29 is 22.8 Å². The Hall–Kier alpha value is -4.83. The van der Waals surface area contributed by atoms with Gasteiger partial charge >= 0.3 is 6.18 Å². The fourth-order valence-corrected chi connectivity index (χ4v) is 5.77. The number of hydrogen-bond donors (Lipinski definition) is 0. The zero-order valence-electron chi connectivity index (χ0n) is 26.5. The molecule has 1 atom stereocenters. The number of nitrogens with zero attached hydrogens (tertiary/aromatic N) is 5. The van der Waals surface area contributed by atoms with Crippen molar-refractivity contribution in [2.45, 2.75) is 44.1 Å². The van der Waals surface area contributed by atoms with E-state index in [9.17, 15) is 22.8 Å². The number of halogens is 3.